The van der Waals surface area contributed by atoms with Crippen LogP contribution < -0.4 is 9.64 Å². The lowest BCUT2D eigenvalue weighted by Gasteiger charge is -2.37. The summed E-state index contributed by atoms with van der Waals surface area (Å²) in [6.45, 7) is 4.04. The average Bonchev–Trinajstić information content (AvgIpc) is 3.16. The summed E-state index contributed by atoms with van der Waals surface area (Å²) in [6.07, 6.45) is 2.26. The summed E-state index contributed by atoms with van der Waals surface area (Å²) in [4.78, 5) is 45.0. The van der Waals surface area contributed by atoms with Crippen LogP contribution in [0.15, 0.2) is 42.5 Å². The molecule has 0 unspecified atom stereocenters. The number of amides is 3. The maximum absolute atomic E-state index is 13.4. The van der Waals surface area contributed by atoms with Crippen LogP contribution in [0.25, 0.3) is 0 Å². The van der Waals surface area contributed by atoms with E-state index < -0.39 is 0 Å². The standard InChI is InChI=1S/C27H31N3O5/c1-34-21-7-2-5-19(17-21)10-12-30-26(32)22-8-3-9-23(24(22)27(30)33)29-11-4-6-20(18-29)25(31)28-13-15-35-16-14-28/h2-3,5,7-9,17,20H,4,6,10-16,18H2,1H3/t20-/m0/s1. The third kappa shape index (κ3) is 4.62. The lowest BCUT2D eigenvalue weighted by molar-refractivity contribution is -0.139. The SMILES string of the molecule is COc1cccc(CCN2C(=O)c3cccc(N4CCC[C@H](C(=O)N5CCOCC5)C4)c3C2=O)c1. The van der Waals surface area contributed by atoms with Crippen LogP contribution >= 0.6 is 0 Å². The molecule has 184 valence electrons. The van der Waals surface area contributed by atoms with Crippen molar-refractivity contribution in [2.45, 2.75) is 19.3 Å². The Morgan fingerprint density at radius 3 is 2.66 bits per heavy atom. The molecule has 0 aliphatic carbocycles. The molecular weight excluding hydrogens is 446 g/mol. The number of methoxy groups -OCH3 is 1. The number of piperidine rings is 1. The van der Waals surface area contributed by atoms with E-state index in [0.717, 1.165) is 36.4 Å². The Bertz CT molecular complexity index is 1130. The van der Waals surface area contributed by atoms with Crippen LogP contribution in [0.2, 0.25) is 0 Å². The van der Waals surface area contributed by atoms with Gasteiger partial charge in [-0.1, -0.05) is 18.2 Å². The molecule has 0 saturated carbocycles. The maximum atomic E-state index is 13.4. The Labute approximate surface area is 205 Å². The predicted octanol–water partition coefficient (Wildman–Crippen LogP) is 2.61. The summed E-state index contributed by atoms with van der Waals surface area (Å²) >= 11 is 0. The average molecular weight is 478 g/mol. The van der Waals surface area contributed by atoms with Gasteiger partial charge in [-0.05, 0) is 49.1 Å². The summed E-state index contributed by atoms with van der Waals surface area (Å²) in [5.41, 5.74) is 2.66. The Hall–Kier alpha value is -3.39. The molecule has 3 aliphatic heterocycles. The van der Waals surface area contributed by atoms with Gasteiger partial charge in [-0.2, -0.15) is 0 Å². The summed E-state index contributed by atoms with van der Waals surface area (Å²) in [5, 5.41) is 0. The fraction of sp³-hybridized carbons (Fsp3) is 0.444. The van der Waals surface area contributed by atoms with Gasteiger partial charge >= 0.3 is 0 Å². The molecule has 0 bridgehead atoms. The Morgan fingerprint density at radius 1 is 1.06 bits per heavy atom. The molecule has 3 heterocycles. The van der Waals surface area contributed by atoms with Crippen LogP contribution in [0.1, 0.15) is 39.1 Å². The van der Waals surface area contributed by atoms with E-state index in [1.165, 1.54) is 4.90 Å². The van der Waals surface area contributed by atoms with Crippen molar-refractivity contribution in [3.05, 3.63) is 59.2 Å². The van der Waals surface area contributed by atoms with E-state index in [9.17, 15) is 14.4 Å². The molecule has 2 aromatic rings. The van der Waals surface area contributed by atoms with Crippen LogP contribution in [0, 0.1) is 5.92 Å². The summed E-state index contributed by atoms with van der Waals surface area (Å²) in [7, 11) is 1.62. The van der Waals surface area contributed by atoms with E-state index in [1.807, 2.05) is 41.3 Å². The molecule has 8 nitrogen and oxygen atoms in total. The number of ether oxygens (including phenoxy) is 2. The Kier molecular flexibility index (Phi) is 6.72. The maximum Gasteiger partial charge on any atom is 0.263 e. The molecule has 5 rings (SSSR count). The molecule has 0 radical (unpaired) electrons. The highest BCUT2D eigenvalue weighted by Crippen LogP contribution is 2.34. The van der Waals surface area contributed by atoms with Gasteiger partial charge in [0.25, 0.3) is 11.8 Å². The minimum atomic E-state index is -0.259. The number of rotatable bonds is 6. The van der Waals surface area contributed by atoms with E-state index >= 15 is 0 Å². The second-order valence-electron chi connectivity index (χ2n) is 9.29. The first kappa shape index (κ1) is 23.4. The molecule has 0 aromatic heterocycles. The highest BCUT2D eigenvalue weighted by atomic mass is 16.5. The minimum absolute atomic E-state index is 0.117. The molecule has 2 saturated heterocycles. The molecular formula is C27H31N3O5. The number of nitrogens with zero attached hydrogens (tertiary/aromatic N) is 3. The van der Waals surface area contributed by atoms with E-state index in [1.54, 1.807) is 13.2 Å². The van der Waals surface area contributed by atoms with Crippen LogP contribution in [-0.4, -0.2) is 80.6 Å². The quantitative estimate of drug-likeness (QED) is 0.595. The van der Waals surface area contributed by atoms with Crippen LogP contribution in [0.4, 0.5) is 5.69 Å². The van der Waals surface area contributed by atoms with Gasteiger partial charge in [0.15, 0.2) is 0 Å². The first-order chi connectivity index (χ1) is 17.1. The molecule has 3 amide bonds. The number of benzene rings is 2. The third-order valence-electron chi connectivity index (χ3n) is 7.17. The topological polar surface area (TPSA) is 79.4 Å². The van der Waals surface area contributed by atoms with Gasteiger partial charge < -0.3 is 19.3 Å². The van der Waals surface area contributed by atoms with E-state index in [4.69, 9.17) is 9.47 Å². The van der Waals surface area contributed by atoms with Crippen LogP contribution in [-0.2, 0) is 16.0 Å². The van der Waals surface area contributed by atoms with Gasteiger partial charge in [-0.15, -0.1) is 0 Å². The number of carbonyl (C=O) groups excluding carboxylic acids is 3. The molecule has 3 aliphatic rings. The highest BCUT2D eigenvalue weighted by Gasteiger charge is 2.39. The van der Waals surface area contributed by atoms with E-state index in [2.05, 4.69) is 4.90 Å². The van der Waals surface area contributed by atoms with Crippen molar-refractivity contribution in [3.8, 4) is 5.75 Å². The Morgan fingerprint density at radius 2 is 1.86 bits per heavy atom. The zero-order valence-corrected chi connectivity index (χ0v) is 20.1. The normalized spacial score (nSPS) is 20.3. The van der Waals surface area contributed by atoms with Crippen molar-refractivity contribution >= 4 is 23.4 Å². The molecule has 0 spiro atoms. The van der Waals surface area contributed by atoms with E-state index in [-0.39, 0.29) is 23.6 Å². The van der Waals surface area contributed by atoms with Crippen molar-refractivity contribution in [1.29, 1.82) is 0 Å². The summed E-state index contributed by atoms with van der Waals surface area (Å²) in [6, 6.07) is 13.1. The predicted molar refractivity (Wildman–Crippen MR) is 131 cm³/mol. The molecule has 2 fully saturated rings. The summed E-state index contributed by atoms with van der Waals surface area (Å²) in [5.74, 6) is 0.276. The number of morpholine rings is 1. The van der Waals surface area contributed by atoms with Crippen molar-refractivity contribution in [2.75, 3.05) is 57.9 Å². The van der Waals surface area contributed by atoms with Gasteiger partial charge in [0.2, 0.25) is 5.91 Å². The van der Waals surface area contributed by atoms with Gasteiger partial charge in [-0.25, -0.2) is 0 Å². The Balaban J connectivity index is 1.32. The monoisotopic (exact) mass is 477 g/mol. The van der Waals surface area contributed by atoms with Crippen molar-refractivity contribution in [1.82, 2.24) is 9.80 Å². The fourth-order valence-electron chi connectivity index (χ4n) is 5.29. The first-order valence-electron chi connectivity index (χ1n) is 12.3. The van der Waals surface area contributed by atoms with Crippen molar-refractivity contribution in [2.24, 2.45) is 5.92 Å². The molecule has 2 aromatic carbocycles. The number of hydrogen-bond donors (Lipinski definition) is 0. The number of imide groups is 1. The lowest BCUT2D eigenvalue weighted by Crippen LogP contribution is -2.48. The third-order valence-corrected chi connectivity index (χ3v) is 7.17. The largest absolute Gasteiger partial charge is 0.497 e. The lowest BCUT2D eigenvalue weighted by atomic mass is 9.94. The second-order valence-corrected chi connectivity index (χ2v) is 9.29. The number of hydrogen-bond acceptors (Lipinski definition) is 6. The first-order valence-corrected chi connectivity index (χ1v) is 12.3. The zero-order chi connectivity index (χ0) is 24.4. The summed E-state index contributed by atoms with van der Waals surface area (Å²) < 4.78 is 10.7. The molecule has 1 atom stereocenters. The smallest absolute Gasteiger partial charge is 0.263 e. The van der Waals surface area contributed by atoms with Gasteiger partial charge in [0.05, 0.1) is 43.1 Å². The second kappa shape index (κ2) is 10.1. The van der Waals surface area contributed by atoms with Gasteiger partial charge in [0.1, 0.15) is 5.75 Å². The highest BCUT2D eigenvalue weighted by molar-refractivity contribution is 6.23. The molecule has 0 N–H and O–H groups in total. The number of fused-ring (bicyclic) bond motifs is 1. The molecule has 8 heteroatoms. The molecule has 35 heavy (non-hydrogen) atoms. The van der Waals surface area contributed by atoms with Gasteiger partial charge in [0, 0.05) is 32.7 Å². The minimum Gasteiger partial charge on any atom is -0.497 e. The zero-order valence-electron chi connectivity index (χ0n) is 20.1. The van der Waals surface area contributed by atoms with Crippen molar-refractivity contribution in [3.63, 3.8) is 0 Å². The number of anilines is 1. The van der Waals surface area contributed by atoms with Gasteiger partial charge in [-0.3, -0.25) is 19.3 Å². The van der Waals surface area contributed by atoms with Crippen LogP contribution in [0.3, 0.4) is 0 Å². The van der Waals surface area contributed by atoms with Crippen molar-refractivity contribution < 1.29 is 23.9 Å². The van der Waals surface area contributed by atoms with E-state index in [0.29, 0.717) is 56.9 Å². The fourth-order valence-corrected chi connectivity index (χ4v) is 5.29. The van der Waals surface area contributed by atoms with Crippen LogP contribution in [0.5, 0.6) is 5.75 Å². The number of carbonyl (C=O) groups is 3.